The number of anilines is 1. The van der Waals surface area contributed by atoms with Crippen LogP contribution in [0.15, 0.2) is 12.3 Å². The number of hydrogen-bond donors (Lipinski definition) is 1. The third-order valence-electron chi connectivity index (χ3n) is 1.02. The predicted octanol–water partition coefficient (Wildman–Crippen LogP) is 1.19. The summed E-state index contributed by atoms with van der Waals surface area (Å²) in [4.78, 5) is 3.67. The second kappa shape index (κ2) is 2.54. The molecule has 1 aromatic rings. The number of nitrogens with zero attached hydrogens (tertiary/aromatic N) is 2. The highest BCUT2D eigenvalue weighted by Crippen LogP contribution is 2.13. The molecular weight excluding hydrogens is 150 g/mol. The lowest BCUT2D eigenvalue weighted by molar-refractivity contribution is 1.30. The maximum atomic E-state index is 8.40. The summed E-state index contributed by atoms with van der Waals surface area (Å²) in [5, 5.41) is 8.70. The fourth-order valence-corrected chi connectivity index (χ4v) is 0.704. The van der Waals surface area contributed by atoms with Crippen LogP contribution in [0.3, 0.4) is 0 Å². The Labute approximate surface area is 63.1 Å². The molecule has 50 valence electrons. The highest BCUT2D eigenvalue weighted by molar-refractivity contribution is 6.29. The zero-order valence-electron chi connectivity index (χ0n) is 5.00. The molecule has 10 heavy (non-hydrogen) atoms. The Hall–Kier alpha value is -1.27. The Bertz CT molecular complexity index is 290. The number of pyridine rings is 1. The zero-order valence-corrected chi connectivity index (χ0v) is 5.76. The molecule has 0 unspecified atom stereocenters. The van der Waals surface area contributed by atoms with Crippen molar-refractivity contribution in [3.05, 3.63) is 23.0 Å². The smallest absolute Gasteiger partial charge is 0.131 e. The monoisotopic (exact) mass is 153 g/mol. The van der Waals surface area contributed by atoms with Crippen molar-refractivity contribution in [1.29, 1.82) is 5.26 Å². The molecule has 0 amide bonds. The van der Waals surface area contributed by atoms with E-state index in [2.05, 4.69) is 4.98 Å². The van der Waals surface area contributed by atoms with E-state index in [4.69, 9.17) is 22.6 Å². The summed E-state index contributed by atoms with van der Waals surface area (Å²) in [6.07, 6.45) is 1.34. The average molecular weight is 154 g/mol. The molecule has 0 aromatic carbocycles. The summed E-state index contributed by atoms with van der Waals surface area (Å²) in [6, 6.07) is 3.32. The summed E-state index contributed by atoms with van der Waals surface area (Å²) in [5.74, 6) is 0. The van der Waals surface area contributed by atoms with E-state index < -0.39 is 0 Å². The van der Waals surface area contributed by atoms with Gasteiger partial charge in [0.1, 0.15) is 11.2 Å². The minimum absolute atomic E-state index is 0.302. The van der Waals surface area contributed by atoms with Crippen LogP contribution in [0, 0.1) is 11.3 Å². The SMILES string of the molecule is N#Cc1cnc(Cl)cc1N. The number of nitriles is 1. The van der Waals surface area contributed by atoms with Crippen molar-refractivity contribution in [2.24, 2.45) is 0 Å². The van der Waals surface area contributed by atoms with Crippen molar-refractivity contribution in [3.8, 4) is 6.07 Å². The molecule has 0 radical (unpaired) electrons. The van der Waals surface area contributed by atoms with Crippen molar-refractivity contribution in [3.63, 3.8) is 0 Å². The molecule has 0 atom stereocenters. The topological polar surface area (TPSA) is 62.7 Å². The first kappa shape index (κ1) is 6.84. The number of nitrogens with two attached hydrogens (primary N) is 1. The van der Waals surface area contributed by atoms with Gasteiger partial charge in [-0.25, -0.2) is 4.98 Å². The van der Waals surface area contributed by atoms with Gasteiger partial charge >= 0.3 is 0 Å². The van der Waals surface area contributed by atoms with E-state index >= 15 is 0 Å². The van der Waals surface area contributed by atoms with Gasteiger partial charge in [0.2, 0.25) is 0 Å². The second-order valence-electron chi connectivity index (χ2n) is 1.71. The van der Waals surface area contributed by atoms with Gasteiger partial charge in [0.25, 0.3) is 0 Å². The van der Waals surface area contributed by atoms with Crippen molar-refractivity contribution in [2.45, 2.75) is 0 Å². The second-order valence-corrected chi connectivity index (χ2v) is 2.09. The van der Waals surface area contributed by atoms with Crippen molar-refractivity contribution >= 4 is 17.3 Å². The highest BCUT2D eigenvalue weighted by Gasteiger charge is 1.97. The minimum Gasteiger partial charge on any atom is -0.398 e. The lowest BCUT2D eigenvalue weighted by Crippen LogP contribution is -1.90. The summed E-state index contributed by atoms with van der Waals surface area (Å²) in [6.45, 7) is 0. The molecule has 0 aliphatic heterocycles. The van der Waals surface area contributed by atoms with Gasteiger partial charge < -0.3 is 5.73 Å². The van der Waals surface area contributed by atoms with Gasteiger partial charge in [-0.15, -0.1) is 0 Å². The van der Waals surface area contributed by atoms with Gasteiger partial charge in [-0.2, -0.15) is 5.26 Å². The van der Waals surface area contributed by atoms with E-state index in [1.165, 1.54) is 12.3 Å². The van der Waals surface area contributed by atoms with Crippen LogP contribution < -0.4 is 5.73 Å². The van der Waals surface area contributed by atoms with Gasteiger partial charge in [-0.05, 0) is 6.07 Å². The van der Waals surface area contributed by atoms with Gasteiger partial charge in [0.15, 0.2) is 0 Å². The van der Waals surface area contributed by atoms with Gasteiger partial charge in [-0.1, -0.05) is 11.6 Å². The average Bonchev–Trinajstić information content (AvgIpc) is 1.88. The van der Waals surface area contributed by atoms with Gasteiger partial charge in [-0.3, -0.25) is 0 Å². The predicted molar refractivity (Wildman–Crippen MR) is 38.4 cm³/mol. The molecule has 0 fully saturated rings. The fraction of sp³-hybridized carbons (Fsp3) is 0. The van der Waals surface area contributed by atoms with Crippen LogP contribution in [0.5, 0.6) is 0 Å². The van der Waals surface area contributed by atoms with Gasteiger partial charge in [0, 0.05) is 6.20 Å². The molecule has 0 saturated heterocycles. The van der Waals surface area contributed by atoms with Crippen molar-refractivity contribution in [1.82, 2.24) is 4.98 Å². The molecule has 1 rings (SSSR count). The van der Waals surface area contributed by atoms with Crippen LogP contribution in [0.2, 0.25) is 5.15 Å². The van der Waals surface area contributed by atoms with E-state index in [0.717, 1.165) is 0 Å². The summed E-state index contributed by atoms with van der Waals surface area (Å²) < 4.78 is 0. The van der Waals surface area contributed by atoms with Crippen LogP contribution in [0.1, 0.15) is 5.56 Å². The summed E-state index contributed by atoms with van der Waals surface area (Å²) in [5.41, 5.74) is 6.10. The maximum Gasteiger partial charge on any atom is 0.131 e. The minimum atomic E-state index is 0.302. The van der Waals surface area contributed by atoms with Crippen molar-refractivity contribution in [2.75, 3.05) is 5.73 Å². The first-order chi connectivity index (χ1) is 4.74. The Morgan fingerprint density at radius 2 is 2.40 bits per heavy atom. The van der Waals surface area contributed by atoms with E-state index in [9.17, 15) is 0 Å². The fourth-order valence-electron chi connectivity index (χ4n) is 0.538. The molecule has 0 bridgehead atoms. The third kappa shape index (κ3) is 1.17. The Kier molecular flexibility index (Phi) is 1.74. The third-order valence-corrected chi connectivity index (χ3v) is 1.23. The molecule has 1 aromatic heterocycles. The van der Waals surface area contributed by atoms with Crippen LogP contribution in [-0.4, -0.2) is 4.98 Å². The summed E-state index contributed by atoms with van der Waals surface area (Å²) >= 11 is 5.47. The molecule has 0 aliphatic carbocycles. The highest BCUT2D eigenvalue weighted by atomic mass is 35.5. The molecule has 2 N–H and O–H groups in total. The molecular formula is C6H4ClN3. The molecule has 0 aliphatic rings. The molecule has 3 nitrogen and oxygen atoms in total. The number of hydrogen-bond acceptors (Lipinski definition) is 3. The number of halogens is 1. The molecule has 0 spiro atoms. The standard InChI is InChI=1S/C6H4ClN3/c7-6-1-5(9)4(2-8)3-10-6/h1,3H,(H2,9,10). The largest absolute Gasteiger partial charge is 0.398 e. The Morgan fingerprint density at radius 1 is 1.70 bits per heavy atom. The number of aromatic nitrogens is 1. The number of rotatable bonds is 0. The van der Waals surface area contributed by atoms with E-state index in [0.29, 0.717) is 16.4 Å². The lowest BCUT2D eigenvalue weighted by atomic mass is 10.3. The quantitative estimate of drug-likeness (QED) is 0.570. The van der Waals surface area contributed by atoms with Crippen molar-refractivity contribution < 1.29 is 0 Å². The maximum absolute atomic E-state index is 8.40. The van der Waals surface area contributed by atoms with Crippen LogP contribution in [0.4, 0.5) is 5.69 Å². The van der Waals surface area contributed by atoms with Crippen LogP contribution in [0.25, 0.3) is 0 Å². The summed E-state index contributed by atoms with van der Waals surface area (Å²) in [7, 11) is 0. The van der Waals surface area contributed by atoms with Crippen LogP contribution in [-0.2, 0) is 0 Å². The zero-order chi connectivity index (χ0) is 7.56. The lowest BCUT2D eigenvalue weighted by Gasteiger charge is -1.94. The molecule has 1 heterocycles. The van der Waals surface area contributed by atoms with Gasteiger partial charge in [0.05, 0.1) is 11.3 Å². The Morgan fingerprint density at radius 3 is 2.90 bits per heavy atom. The molecule has 0 saturated carbocycles. The molecule has 4 heteroatoms. The van der Waals surface area contributed by atoms with Crippen LogP contribution >= 0.6 is 11.6 Å². The number of nitrogen functional groups attached to an aromatic ring is 1. The Balaban J connectivity index is 3.23. The first-order valence-electron chi connectivity index (χ1n) is 2.55. The van der Waals surface area contributed by atoms with E-state index in [1.54, 1.807) is 0 Å². The van der Waals surface area contributed by atoms with E-state index in [1.807, 2.05) is 6.07 Å². The van der Waals surface area contributed by atoms with E-state index in [-0.39, 0.29) is 0 Å². The first-order valence-corrected chi connectivity index (χ1v) is 2.93. The normalized spacial score (nSPS) is 8.80.